The lowest BCUT2D eigenvalue weighted by Crippen LogP contribution is -2.15. The molecule has 65 heavy (non-hydrogen) atoms. The first-order valence-electron chi connectivity index (χ1n) is 21.6. The molecule has 0 N–H and O–H groups in total. The molecule has 10 aromatic rings. The number of aldehydes is 1. The van der Waals surface area contributed by atoms with Crippen molar-refractivity contribution in [2.24, 2.45) is 0 Å². The Morgan fingerprint density at radius 3 is 1.38 bits per heavy atom. The number of hydrogen-bond donors (Lipinski definition) is 0. The Morgan fingerprint density at radius 2 is 0.846 bits per heavy atom. The van der Waals surface area contributed by atoms with E-state index in [-0.39, 0.29) is 5.78 Å². The average molecular weight is 873 g/mol. The Morgan fingerprint density at radius 1 is 0.415 bits per heavy atom. The van der Waals surface area contributed by atoms with Crippen LogP contribution in [0, 0.1) is 6.92 Å². The van der Waals surface area contributed by atoms with Crippen molar-refractivity contribution in [3.05, 3.63) is 241 Å². The molecule has 0 atom stereocenters. The summed E-state index contributed by atoms with van der Waals surface area (Å²) < 4.78 is 0. The van der Waals surface area contributed by atoms with Crippen LogP contribution >= 0.6 is 23.5 Å². The second kappa shape index (κ2) is 17.1. The van der Waals surface area contributed by atoms with E-state index in [1.54, 1.807) is 23.5 Å². The molecule has 0 spiro atoms. The molecule has 2 aliphatic heterocycles. The lowest BCUT2D eigenvalue weighted by atomic mass is 9.89. The van der Waals surface area contributed by atoms with Crippen LogP contribution in [-0.2, 0) is 0 Å². The van der Waals surface area contributed by atoms with Crippen molar-refractivity contribution in [2.75, 3.05) is 9.80 Å². The van der Waals surface area contributed by atoms with E-state index in [1.807, 2.05) is 66.7 Å². The third-order valence-electron chi connectivity index (χ3n) is 12.1. The molecule has 0 unspecified atom stereocenters. The van der Waals surface area contributed by atoms with Gasteiger partial charge in [0, 0.05) is 47.6 Å². The van der Waals surface area contributed by atoms with Crippen molar-refractivity contribution >= 4 is 91.3 Å². The summed E-state index contributed by atoms with van der Waals surface area (Å²) in [6.07, 6.45) is 0.889. The zero-order valence-corrected chi connectivity index (χ0v) is 37.0. The summed E-state index contributed by atoms with van der Waals surface area (Å²) in [5.41, 5.74) is 12.2. The Bertz CT molecular complexity index is 3400. The number of aryl methyl sites for hydroxylation is 1. The predicted molar refractivity (Wildman–Crippen MR) is 271 cm³/mol. The van der Waals surface area contributed by atoms with Gasteiger partial charge in [0.2, 0.25) is 0 Å². The maximum Gasteiger partial charge on any atom is 0.193 e. The number of nitrogens with zero attached hydrogens (tertiary/aromatic N) is 2. The van der Waals surface area contributed by atoms with E-state index in [0.717, 1.165) is 56.7 Å². The second-order valence-electron chi connectivity index (χ2n) is 16.0. The van der Waals surface area contributed by atoms with Crippen LogP contribution in [0.2, 0.25) is 0 Å². The van der Waals surface area contributed by atoms with E-state index in [4.69, 9.17) is 0 Å². The SMILES string of the molecule is Cc1ccc(-c2ccc(C(=O)c3cccc(N4c5ccccc5Sc5ccccc54)c3)c3ccccc23)c2ccccc12.O=Cc1cccc(N2c3ccccc3Sc3ccccc32)c1. The van der Waals surface area contributed by atoms with Gasteiger partial charge in [0.25, 0.3) is 0 Å². The van der Waals surface area contributed by atoms with Crippen LogP contribution in [0.1, 0.15) is 31.8 Å². The van der Waals surface area contributed by atoms with Crippen molar-refractivity contribution in [3.8, 4) is 11.1 Å². The fourth-order valence-corrected chi connectivity index (χ4v) is 11.2. The van der Waals surface area contributed by atoms with E-state index in [9.17, 15) is 9.59 Å². The molecule has 0 amide bonds. The number of carbonyl (C=O) groups excluding carboxylic acids is 2. The van der Waals surface area contributed by atoms with Gasteiger partial charge in [-0.25, -0.2) is 0 Å². The van der Waals surface area contributed by atoms with Crippen molar-refractivity contribution < 1.29 is 9.59 Å². The van der Waals surface area contributed by atoms with E-state index in [0.29, 0.717) is 16.7 Å². The first-order chi connectivity index (χ1) is 32.0. The fraction of sp³-hybridized carbons (Fsp3) is 0.0169. The molecular formula is C59H40N2O2S2. The molecule has 10 aromatic carbocycles. The minimum absolute atomic E-state index is 0.0197. The first-order valence-corrected chi connectivity index (χ1v) is 23.2. The molecule has 4 nitrogen and oxygen atoms in total. The Hall–Kier alpha value is -7.64. The number of fused-ring (bicyclic) bond motifs is 6. The van der Waals surface area contributed by atoms with Gasteiger partial charge < -0.3 is 9.80 Å². The largest absolute Gasteiger partial charge is 0.308 e. The van der Waals surface area contributed by atoms with Gasteiger partial charge in [-0.15, -0.1) is 0 Å². The van der Waals surface area contributed by atoms with Gasteiger partial charge >= 0.3 is 0 Å². The molecule has 0 saturated heterocycles. The lowest BCUT2D eigenvalue weighted by molar-refractivity contribution is 0.103. The zero-order chi connectivity index (χ0) is 43.9. The third-order valence-corrected chi connectivity index (χ3v) is 14.4. The van der Waals surface area contributed by atoms with Gasteiger partial charge in [0.15, 0.2) is 5.78 Å². The van der Waals surface area contributed by atoms with Gasteiger partial charge in [0.05, 0.1) is 22.7 Å². The number of para-hydroxylation sites is 4. The maximum absolute atomic E-state index is 14.3. The number of hydrogen-bond acceptors (Lipinski definition) is 6. The Labute approximate surface area is 386 Å². The van der Waals surface area contributed by atoms with Gasteiger partial charge in [-0.2, -0.15) is 0 Å². The van der Waals surface area contributed by atoms with Crippen LogP contribution in [0.25, 0.3) is 32.7 Å². The standard InChI is InChI=1S/C40H27NOS.C19H13NOS/c1-26-21-22-33(30-14-3-2-13-29(26)30)34-23-24-35(32-16-5-4-15-31(32)34)40(42)27-11-10-12-28(25-27)41-36-17-6-8-19-38(36)43-39-20-9-7-18-37(39)41;21-13-14-6-5-7-15(12-14)20-16-8-1-3-10-18(16)22-19-11-4-2-9-17(19)20/h2-25H,1H3;1-13H. The maximum atomic E-state index is 14.3. The summed E-state index contributed by atoms with van der Waals surface area (Å²) in [5.74, 6) is 0.0197. The molecule has 6 heteroatoms. The van der Waals surface area contributed by atoms with Crippen LogP contribution in [0.4, 0.5) is 34.1 Å². The Kier molecular flexibility index (Phi) is 10.6. The molecule has 0 aromatic heterocycles. The first kappa shape index (κ1) is 40.2. The molecule has 2 aliphatic rings. The van der Waals surface area contributed by atoms with E-state index >= 15 is 0 Å². The van der Waals surface area contributed by atoms with Crippen LogP contribution in [0.15, 0.2) is 238 Å². The van der Waals surface area contributed by atoms with Crippen molar-refractivity contribution in [1.82, 2.24) is 0 Å². The predicted octanol–water partition coefficient (Wildman–Crippen LogP) is 16.6. The molecule has 0 fully saturated rings. The molecule has 310 valence electrons. The quantitative estimate of drug-likeness (QED) is 0.122. The van der Waals surface area contributed by atoms with Crippen molar-refractivity contribution in [2.45, 2.75) is 26.5 Å². The average Bonchev–Trinajstić information content (AvgIpc) is 3.37. The minimum atomic E-state index is 0.0197. The lowest BCUT2D eigenvalue weighted by Gasteiger charge is -2.33. The third kappa shape index (κ3) is 7.37. The highest BCUT2D eigenvalue weighted by molar-refractivity contribution is 8.00. The van der Waals surface area contributed by atoms with E-state index in [1.165, 1.54) is 41.5 Å². The number of anilines is 6. The second-order valence-corrected chi connectivity index (χ2v) is 18.2. The minimum Gasteiger partial charge on any atom is -0.308 e. The molecule has 0 aliphatic carbocycles. The van der Waals surface area contributed by atoms with Crippen molar-refractivity contribution in [1.29, 1.82) is 0 Å². The zero-order valence-electron chi connectivity index (χ0n) is 35.4. The number of rotatable bonds is 6. The topological polar surface area (TPSA) is 40.6 Å². The highest BCUT2D eigenvalue weighted by Gasteiger charge is 2.26. The molecule has 0 radical (unpaired) electrons. The van der Waals surface area contributed by atoms with Gasteiger partial charge in [-0.05, 0) is 124 Å². The highest BCUT2D eigenvalue weighted by Crippen LogP contribution is 2.52. The number of ketones is 1. The molecule has 0 bridgehead atoms. The molecule has 0 saturated carbocycles. The van der Waals surface area contributed by atoms with Crippen LogP contribution in [0.3, 0.4) is 0 Å². The normalized spacial score (nSPS) is 12.3. The van der Waals surface area contributed by atoms with Crippen LogP contribution < -0.4 is 9.80 Å². The van der Waals surface area contributed by atoms with E-state index < -0.39 is 0 Å². The van der Waals surface area contributed by atoms with Crippen molar-refractivity contribution in [3.63, 3.8) is 0 Å². The summed E-state index contributed by atoms with van der Waals surface area (Å²) in [6.45, 7) is 2.15. The van der Waals surface area contributed by atoms with Gasteiger partial charge in [-0.3, -0.25) is 9.59 Å². The van der Waals surface area contributed by atoms with Crippen LogP contribution in [-0.4, -0.2) is 12.1 Å². The fourth-order valence-electron chi connectivity index (χ4n) is 9.06. The molecule has 2 heterocycles. The molecular weight excluding hydrogens is 833 g/mol. The Balaban J connectivity index is 0.000000178. The monoisotopic (exact) mass is 872 g/mol. The van der Waals surface area contributed by atoms with E-state index in [2.05, 4.69) is 168 Å². The van der Waals surface area contributed by atoms with Crippen LogP contribution in [0.5, 0.6) is 0 Å². The summed E-state index contributed by atoms with van der Waals surface area (Å²) in [7, 11) is 0. The summed E-state index contributed by atoms with van der Waals surface area (Å²) >= 11 is 3.56. The highest BCUT2D eigenvalue weighted by atomic mass is 32.2. The summed E-state index contributed by atoms with van der Waals surface area (Å²) in [5, 5.41) is 4.51. The van der Waals surface area contributed by atoms with Gasteiger partial charge in [0.1, 0.15) is 6.29 Å². The molecule has 12 rings (SSSR count). The number of benzene rings is 10. The summed E-state index contributed by atoms with van der Waals surface area (Å²) in [4.78, 5) is 34.7. The smallest absolute Gasteiger partial charge is 0.193 e. The number of carbonyl (C=O) groups is 2. The van der Waals surface area contributed by atoms with Gasteiger partial charge in [-0.1, -0.05) is 163 Å². The summed E-state index contributed by atoms with van der Waals surface area (Å²) in [6, 6.07) is 74.7.